The lowest BCUT2D eigenvalue weighted by atomic mass is 10.2. The van der Waals surface area contributed by atoms with Crippen LogP contribution < -0.4 is 11.1 Å². The van der Waals surface area contributed by atoms with Gasteiger partial charge in [-0.2, -0.15) is 0 Å². The van der Waals surface area contributed by atoms with E-state index in [1.165, 1.54) is 6.07 Å². The van der Waals surface area contributed by atoms with Crippen molar-refractivity contribution in [3.63, 3.8) is 0 Å². The van der Waals surface area contributed by atoms with Gasteiger partial charge in [0.2, 0.25) is 0 Å². The summed E-state index contributed by atoms with van der Waals surface area (Å²) in [5.74, 6) is -0.235. The van der Waals surface area contributed by atoms with Crippen LogP contribution in [0.1, 0.15) is 19.3 Å². The molecule has 1 aromatic rings. The molecule has 0 aliphatic rings. The number of nitrogens with one attached hydrogen (secondary N) is 1. The number of anilines is 2. The van der Waals surface area contributed by atoms with Gasteiger partial charge in [-0.25, -0.2) is 4.39 Å². The number of hydrogen-bond donors (Lipinski definition) is 2. The summed E-state index contributed by atoms with van der Waals surface area (Å²) in [6, 6.07) is 3.09. The Kier molecular flexibility index (Phi) is 6.57. The molecule has 0 unspecified atom stereocenters. The van der Waals surface area contributed by atoms with Gasteiger partial charge < -0.3 is 15.8 Å². The van der Waals surface area contributed by atoms with E-state index in [1.807, 2.05) is 22.6 Å². The lowest BCUT2D eigenvalue weighted by Gasteiger charge is -2.10. The second-order valence-electron chi connectivity index (χ2n) is 3.83. The number of hydrogen-bond acceptors (Lipinski definition) is 3. The summed E-state index contributed by atoms with van der Waals surface area (Å²) in [5.41, 5.74) is 7.06. The average molecular weight is 352 g/mol. The standard InChI is InChI=1S/C12H18FIN2O/c1-17-6-4-2-3-5-16-12-7-9(13)10(14)8-11(12)15/h7-8,16H,2-6,15H2,1H3. The summed E-state index contributed by atoms with van der Waals surface area (Å²) in [6.07, 6.45) is 3.17. The Bertz CT molecular complexity index is 361. The topological polar surface area (TPSA) is 47.3 Å². The summed E-state index contributed by atoms with van der Waals surface area (Å²) < 4.78 is 18.8. The first-order valence-electron chi connectivity index (χ1n) is 5.62. The van der Waals surface area contributed by atoms with Crippen LogP contribution in [0.15, 0.2) is 12.1 Å². The number of ether oxygens (including phenoxy) is 1. The highest BCUT2D eigenvalue weighted by molar-refractivity contribution is 14.1. The van der Waals surface area contributed by atoms with Crippen molar-refractivity contribution in [1.29, 1.82) is 0 Å². The molecule has 0 radical (unpaired) electrons. The molecule has 0 spiro atoms. The maximum Gasteiger partial charge on any atom is 0.138 e. The van der Waals surface area contributed by atoms with E-state index < -0.39 is 0 Å². The van der Waals surface area contributed by atoms with E-state index >= 15 is 0 Å². The quantitative estimate of drug-likeness (QED) is 0.450. The molecule has 0 aliphatic heterocycles. The zero-order valence-corrected chi connectivity index (χ0v) is 12.1. The van der Waals surface area contributed by atoms with Gasteiger partial charge in [-0.1, -0.05) is 0 Å². The van der Waals surface area contributed by atoms with E-state index in [2.05, 4.69) is 5.32 Å². The Morgan fingerprint density at radius 2 is 2.12 bits per heavy atom. The molecule has 0 aromatic heterocycles. The first-order chi connectivity index (χ1) is 8.15. The van der Waals surface area contributed by atoms with Crippen molar-refractivity contribution in [2.75, 3.05) is 31.3 Å². The minimum absolute atomic E-state index is 0.235. The molecule has 3 nitrogen and oxygen atoms in total. The number of unbranched alkanes of at least 4 members (excludes halogenated alkanes) is 2. The monoisotopic (exact) mass is 352 g/mol. The average Bonchev–Trinajstić information content (AvgIpc) is 2.30. The molecule has 0 atom stereocenters. The van der Waals surface area contributed by atoms with Crippen molar-refractivity contribution in [3.05, 3.63) is 21.5 Å². The third kappa shape index (κ3) is 5.08. The maximum atomic E-state index is 13.3. The highest BCUT2D eigenvalue weighted by atomic mass is 127. The van der Waals surface area contributed by atoms with E-state index in [1.54, 1.807) is 13.2 Å². The highest BCUT2D eigenvalue weighted by Gasteiger charge is 2.05. The third-order valence-corrected chi connectivity index (χ3v) is 3.26. The molecule has 0 saturated carbocycles. The van der Waals surface area contributed by atoms with E-state index in [4.69, 9.17) is 10.5 Å². The number of methoxy groups -OCH3 is 1. The van der Waals surface area contributed by atoms with Gasteiger partial charge in [0.25, 0.3) is 0 Å². The van der Waals surface area contributed by atoms with E-state index in [0.717, 1.165) is 32.4 Å². The molecule has 3 N–H and O–H groups in total. The second-order valence-corrected chi connectivity index (χ2v) is 5.00. The van der Waals surface area contributed by atoms with Crippen molar-refractivity contribution < 1.29 is 9.13 Å². The summed E-state index contributed by atoms with van der Waals surface area (Å²) >= 11 is 1.93. The van der Waals surface area contributed by atoms with Crippen LogP contribution in [0.4, 0.5) is 15.8 Å². The van der Waals surface area contributed by atoms with Crippen molar-refractivity contribution >= 4 is 34.0 Å². The fourth-order valence-corrected chi connectivity index (χ4v) is 1.98. The molecule has 0 amide bonds. The van der Waals surface area contributed by atoms with Crippen molar-refractivity contribution in [2.24, 2.45) is 0 Å². The molecular weight excluding hydrogens is 334 g/mol. The van der Waals surface area contributed by atoms with E-state index in [9.17, 15) is 4.39 Å². The normalized spacial score (nSPS) is 10.5. The largest absolute Gasteiger partial charge is 0.397 e. The lowest BCUT2D eigenvalue weighted by Crippen LogP contribution is -2.05. The van der Waals surface area contributed by atoms with Gasteiger partial charge in [-0.15, -0.1) is 0 Å². The van der Waals surface area contributed by atoms with Crippen LogP contribution >= 0.6 is 22.6 Å². The first-order valence-corrected chi connectivity index (χ1v) is 6.70. The molecule has 0 heterocycles. The number of nitrogens with two attached hydrogens (primary N) is 1. The fourth-order valence-electron chi connectivity index (χ4n) is 1.49. The van der Waals surface area contributed by atoms with Gasteiger partial charge in [0.15, 0.2) is 0 Å². The number of benzene rings is 1. The molecule has 17 heavy (non-hydrogen) atoms. The van der Waals surface area contributed by atoms with Crippen LogP contribution in [0.25, 0.3) is 0 Å². The van der Waals surface area contributed by atoms with E-state index in [-0.39, 0.29) is 5.82 Å². The Hall–Kier alpha value is -0.560. The molecule has 0 aliphatic carbocycles. The summed E-state index contributed by atoms with van der Waals surface area (Å²) in [6.45, 7) is 1.59. The molecule has 1 rings (SSSR count). The van der Waals surface area contributed by atoms with Crippen LogP contribution in [0.2, 0.25) is 0 Å². The SMILES string of the molecule is COCCCCCNc1cc(F)c(I)cc1N. The van der Waals surface area contributed by atoms with Gasteiger partial charge >= 0.3 is 0 Å². The second kappa shape index (κ2) is 7.71. The predicted molar refractivity (Wildman–Crippen MR) is 77.7 cm³/mol. The van der Waals surface area contributed by atoms with Crippen molar-refractivity contribution in [1.82, 2.24) is 0 Å². The Morgan fingerprint density at radius 1 is 1.35 bits per heavy atom. The first kappa shape index (κ1) is 14.5. The van der Waals surface area contributed by atoms with Crippen LogP contribution in [-0.4, -0.2) is 20.3 Å². The number of nitrogen functional groups attached to an aromatic ring is 1. The number of halogens is 2. The van der Waals surface area contributed by atoms with Gasteiger partial charge in [0, 0.05) is 26.3 Å². The minimum Gasteiger partial charge on any atom is -0.397 e. The van der Waals surface area contributed by atoms with Crippen molar-refractivity contribution in [2.45, 2.75) is 19.3 Å². The molecule has 1 aromatic carbocycles. The molecule has 96 valence electrons. The minimum atomic E-state index is -0.235. The summed E-state index contributed by atoms with van der Waals surface area (Å²) in [4.78, 5) is 0. The van der Waals surface area contributed by atoms with Crippen LogP contribution in [0, 0.1) is 9.39 Å². The molecule has 0 fully saturated rings. The van der Waals surface area contributed by atoms with Gasteiger partial charge in [0.05, 0.1) is 14.9 Å². The lowest BCUT2D eigenvalue weighted by molar-refractivity contribution is 0.192. The van der Waals surface area contributed by atoms with Crippen molar-refractivity contribution in [3.8, 4) is 0 Å². The predicted octanol–water partition coefficient (Wildman–Crippen LogP) is 3.24. The van der Waals surface area contributed by atoms with Gasteiger partial charge in [0.1, 0.15) is 5.82 Å². The summed E-state index contributed by atoms with van der Waals surface area (Å²) in [5, 5.41) is 3.15. The van der Waals surface area contributed by atoms with Crippen LogP contribution in [0.3, 0.4) is 0 Å². The van der Waals surface area contributed by atoms with Crippen LogP contribution in [0.5, 0.6) is 0 Å². The Labute approximate surface area is 115 Å². The zero-order valence-electron chi connectivity index (χ0n) is 9.93. The molecule has 5 heteroatoms. The van der Waals surface area contributed by atoms with Crippen LogP contribution in [-0.2, 0) is 4.74 Å². The maximum absolute atomic E-state index is 13.3. The molecule has 0 bridgehead atoms. The third-order valence-electron chi connectivity index (χ3n) is 2.43. The van der Waals surface area contributed by atoms with Gasteiger partial charge in [-0.05, 0) is 47.9 Å². The number of rotatable bonds is 7. The Balaban J connectivity index is 2.34. The molecular formula is C12H18FIN2O. The smallest absolute Gasteiger partial charge is 0.138 e. The highest BCUT2D eigenvalue weighted by Crippen LogP contribution is 2.23. The fraction of sp³-hybridized carbons (Fsp3) is 0.500. The Morgan fingerprint density at radius 3 is 2.82 bits per heavy atom. The molecule has 0 saturated heterocycles. The summed E-state index contributed by atoms with van der Waals surface area (Å²) in [7, 11) is 1.70. The zero-order chi connectivity index (χ0) is 12.7. The van der Waals surface area contributed by atoms with E-state index in [0.29, 0.717) is 14.9 Å². The van der Waals surface area contributed by atoms with Gasteiger partial charge in [-0.3, -0.25) is 0 Å².